The van der Waals surface area contributed by atoms with Gasteiger partial charge in [-0.1, -0.05) is 0 Å². The first-order valence-electron chi connectivity index (χ1n) is 5.93. The van der Waals surface area contributed by atoms with E-state index in [1.807, 2.05) is 24.9 Å². The molecule has 0 aromatic carbocycles. The molecule has 1 heterocycles. The Hall–Kier alpha value is -0.560. The predicted octanol–water partition coefficient (Wildman–Crippen LogP) is 1.34. The van der Waals surface area contributed by atoms with Gasteiger partial charge in [-0.05, 0) is 25.4 Å². The summed E-state index contributed by atoms with van der Waals surface area (Å²) in [6.45, 7) is 2.68. The highest BCUT2D eigenvalue weighted by molar-refractivity contribution is 7.99. The lowest BCUT2D eigenvalue weighted by Crippen LogP contribution is -2.53. The smallest absolute Gasteiger partial charge is 0.326 e. The fourth-order valence-electron chi connectivity index (χ4n) is 1.75. The lowest BCUT2D eigenvalue weighted by atomic mass is 10.2. The van der Waals surface area contributed by atoms with Crippen molar-refractivity contribution in [3.8, 4) is 0 Å². The Morgan fingerprint density at radius 3 is 2.89 bits per heavy atom. The quantitative estimate of drug-likeness (QED) is 0.800. The van der Waals surface area contributed by atoms with E-state index in [0.29, 0.717) is 13.0 Å². The van der Waals surface area contributed by atoms with Crippen LogP contribution in [0.3, 0.4) is 0 Å². The molecule has 0 bridgehead atoms. The standard InChI is InChI=1S/C11H20N2O3S2/c1-8-7-18-6-4-13(8)11(16)12-9(10(14)15)3-5-17-2/h8-9H,3-7H2,1-2H3,(H,12,16)(H,14,15). The maximum absolute atomic E-state index is 12.0. The van der Waals surface area contributed by atoms with Crippen molar-refractivity contribution in [3.05, 3.63) is 0 Å². The summed E-state index contributed by atoms with van der Waals surface area (Å²) in [5, 5.41) is 11.7. The Labute approximate surface area is 116 Å². The molecule has 0 saturated carbocycles. The summed E-state index contributed by atoms with van der Waals surface area (Å²) in [7, 11) is 0. The Morgan fingerprint density at radius 1 is 1.61 bits per heavy atom. The van der Waals surface area contributed by atoms with Gasteiger partial charge in [0.05, 0.1) is 0 Å². The molecule has 0 aromatic rings. The highest BCUT2D eigenvalue weighted by Crippen LogP contribution is 2.16. The number of urea groups is 1. The number of carboxylic acid groups (broad SMARTS) is 1. The molecule has 0 radical (unpaired) electrons. The van der Waals surface area contributed by atoms with Crippen LogP contribution in [0.15, 0.2) is 0 Å². The maximum Gasteiger partial charge on any atom is 0.326 e. The van der Waals surface area contributed by atoms with E-state index in [0.717, 1.165) is 17.3 Å². The van der Waals surface area contributed by atoms with Crippen LogP contribution < -0.4 is 5.32 Å². The molecule has 1 aliphatic rings. The molecule has 7 heteroatoms. The van der Waals surface area contributed by atoms with Crippen molar-refractivity contribution < 1.29 is 14.7 Å². The monoisotopic (exact) mass is 292 g/mol. The average molecular weight is 292 g/mol. The van der Waals surface area contributed by atoms with Gasteiger partial charge < -0.3 is 15.3 Å². The van der Waals surface area contributed by atoms with Crippen LogP contribution in [0.5, 0.6) is 0 Å². The van der Waals surface area contributed by atoms with Crippen molar-refractivity contribution in [2.75, 3.05) is 30.1 Å². The maximum atomic E-state index is 12.0. The van der Waals surface area contributed by atoms with Crippen LogP contribution in [0, 0.1) is 0 Å². The van der Waals surface area contributed by atoms with Crippen LogP contribution in [0.2, 0.25) is 0 Å². The third-order valence-electron chi connectivity index (χ3n) is 2.83. The van der Waals surface area contributed by atoms with Crippen LogP contribution in [0.1, 0.15) is 13.3 Å². The summed E-state index contributed by atoms with van der Waals surface area (Å²) < 4.78 is 0. The molecule has 104 valence electrons. The minimum atomic E-state index is -0.962. The zero-order chi connectivity index (χ0) is 13.5. The molecule has 0 aromatic heterocycles. The van der Waals surface area contributed by atoms with Gasteiger partial charge in [0.1, 0.15) is 6.04 Å². The fraction of sp³-hybridized carbons (Fsp3) is 0.818. The second-order valence-electron chi connectivity index (χ2n) is 4.24. The summed E-state index contributed by atoms with van der Waals surface area (Å²) in [5.41, 5.74) is 0. The Bertz CT molecular complexity index is 302. The number of amides is 2. The number of hydrogen-bond acceptors (Lipinski definition) is 4. The van der Waals surface area contributed by atoms with E-state index in [1.54, 1.807) is 16.7 Å². The number of nitrogens with zero attached hydrogens (tertiary/aromatic N) is 1. The minimum absolute atomic E-state index is 0.166. The van der Waals surface area contributed by atoms with Gasteiger partial charge in [0.2, 0.25) is 0 Å². The Kier molecular flexibility index (Phi) is 6.70. The van der Waals surface area contributed by atoms with Gasteiger partial charge in [-0.2, -0.15) is 23.5 Å². The van der Waals surface area contributed by atoms with Gasteiger partial charge in [0.15, 0.2) is 0 Å². The molecule has 1 saturated heterocycles. The lowest BCUT2D eigenvalue weighted by molar-refractivity contribution is -0.139. The van der Waals surface area contributed by atoms with E-state index in [2.05, 4.69) is 5.32 Å². The van der Waals surface area contributed by atoms with Crippen molar-refractivity contribution in [1.29, 1.82) is 0 Å². The minimum Gasteiger partial charge on any atom is -0.480 e. The highest BCUT2D eigenvalue weighted by atomic mass is 32.2. The first-order chi connectivity index (χ1) is 8.56. The normalized spacial score (nSPS) is 21.4. The Balaban J connectivity index is 2.51. The second-order valence-corrected chi connectivity index (χ2v) is 6.37. The second kappa shape index (κ2) is 7.78. The first kappa shape index (κ1) is 15.5. The van der Waals surface area contributed by atoms with E-state index in [-0.39, 0.29) is 12.1 Å². The summed E-state index contributed by atoms with van der Waals surface area (Å²) in [4.78, 5) is 24.8. The number of aliphatic carboxylic acids is 1. The van der Waals surface area contributed by atoms with Gasteiger partial charge in [0, 0.05) is 24.1 Å². The molecule has 5 nitrogen and oxygen atoms in total. The van der Waals surface area contributed by atoms with E-state index in [1.165, 1.54) is 0 Å². The fourth-order valence-corrected chi connectivity index (χ4v) is 3.24. The number of carbonyl (C=O) groups is 2. The SMILES string of the molecule is CSCCC(NC(=O)N1CCSCC1C)C(=O)O. The molecule has 2 amide bonds. The van der Waals surface area contributed by atoms with Crippen LogP contribution >= 0.6 is 23.5 Å². The zero-order valence-corrected chi connectivity index (χ0v) is 12.4. The number of carbonyl (C=O) groups excluding carboxylic acids is 1. The zero-order valence-electron chi connectivity index (χ0n) is 10.7. The first-order valence-corrected chi connectivity index (χ1v) is 8.47. The molecule has 1 aliphatic heterocycles. The summed E-state index contributed by atoms with van der Waals surface area (Å²) >= 11 is 3.40. The predicted molar refractivity (Wildman–Crippen MR) is 76.4 cm³/mol. The topological polar surface area (TPSA) is 69.6 Å². The summed E-state index contributed by atoms with van der Waals surface area (Å²) in [5.74, 6) is 1.59. The van der Waals surface area contributed by atoms with Gasteiger partial charge in [-0.3, -0.25) is 0 Å². The molecule has 1 rings (SSSR count). The van der Waals surface area contributed by atoms with Crippen molar-refractivity contribution in [2.24, 2.45) is 0 Å². The lowest BCUT2D eigenvalue weighted by Gasteiger charge is -2.33. The van der Waals surface area contributed by atoms with Gasteiger partial charge in [-0.15, -0.1) is 0 Å². The van der Waals surface area contributed by atoms with Crippen molar-refractivity contribution in [1.82, 2.24) is 10.2 Å². The van der Waals surface area contributed by atoms with E-state index < -0.39 is 12.0 Å². The molecule has 2 N–H and O–H groups in total. The van der Waals surface area contributed by atoms with Crippen molar-refractivity contribution in [3.63, 3.8) is 0 Å². The Morgan fingerprint density at radius 2 is 2.33 bits per heavy atom. The summed E-state index contributed by atoms with van der Waals surface area (Å²) in [6, 6.07) is -0.873. The van der Waals surface area contributed by atoms with E-state index >= 15 is 0 Å². The van der Waals surface area contributed by atoms with Crippen LogP contribution in [0.4, 0.5) is 4.79 Å². The number of rotatable bonds is 5. The van der Waals surface area contributed by atoms with Crippen LogP contribution in [0.25, 0.3) is 0 Å². The van der Waals surface area contributed by atoms with E-state index in [4.69, 9.17) is 5.11 Å². The van der Waals surface area contributed by atoms with Crippen LogP contribution in [-0.2, 0) is 4.79 Å². The largest absolute Gasteiger partial charge is 0.480 e. The highest BCUT2D eigenvalue weighted by Gasteiger charge is 2.27. The summed E-state index contributed by atoms with van der Waals surface area (Å²) in [6.07, 6.45) is 2.38. The number of carboxylic acids is 1. The van der Waals surface area contributed by atoms with Gasteiger partial charge in [-0.25, -0.2) is 9.59 Å². The van der Waals surface area contributed by atoms with Crippen molar-refractivity contribution in [2.45, 2.75) is 25.4 Å². The number of hydrogen-bond donors (Lipinski definition) is 2. The average Bonchev–Trinajstić information content (AvgIpc) is 2.34. The van der Waals surface area contributed by atoms with Gasteiger partial charge in [0.25, 0.3) is 0 Å². The molecule has 0 aliphatic carbocycles. The molecule has 18 heavy (non-hydrogen) atoms. The van der Waals surface area contributed by atoms with Crippen molar-refractivity contribution >= 4 is 35.5 Å². The van der Waals surface area contributed by atoms with E-state index in [9.17, 15) is 9.59 Å². The van der Waals surface area contributed by atoms with Crippen LogP contribution in [-0.4, -0.2) is 64.1 Å². The molecular weight excluding hydrogens is 272 g/mol. The van der Waals surface area contributed by atoms with Gasteiger partial charge >= 0.3 is 12.0 Å². The molecular formula is C11H20N2O3S2. The third-order valence-corrected chi connectivity index (χ3v) is 4.67. The molecule has 0 spiro atoms. The number of nitrogens with one attached hydrogen (secondary N) is 1. The molecule has 2 unspecified atom stereocenters. The molecule has 2 atom stereocenters. The number of thioether (sulfide) groups is 2. The molecule has 1 fully saturated rings. The third kappa shape index (κ3) is 4.61.